The third kappa shape index (κ3) is 6.49. The second-order valence-corrected chi connectivity index (χ2v) is 5.80. The number of nitrogens with zero attached hydrogens (tertiary/aromatic N) is 1. The normalized spacial score (nSPS) is 17.4. The summed E-state index contributed by atoms with van der Waals surface area (Å²) in [5.41, 5.74) is 0.422. The molecule has 1 N–H and O–H groups in total. The second-order valence-electron chi connectivity index (χ2n) is 5.80. The van der Waals surface area contributed by atoms with Gasteiger partial charge in [-0.3, -0.25) is 0 Å². The van der Waals surface area contributed by atoms with Crippen LogP contribution in [0.3, 0.4) is 0 Å². The van der Waals surface area contributed by atoms with Crippen molar-refractivity contribution in [2.45, 2.75) is 47.0 Å². The number of hydrogen-bond acceptors (Lipinski definition) is 2. The molecule has 0 aromatic heterocycles. The lowest BCUT2D eigenvalue weighted by atomic mass is 9.84. The first kappa shape index (κ1) is 15.9. The van der Waals surface area contributed by atoms with Crippen LogP contribution in [0, 0.1) is 11.3 Å². The Bertz CT molecular complexity index is 162. The molecule has 0 aromatic rings. The summed E-state index contributed by atoms with van der Waals surface area (Å²) in [5.74, 6) is 0.811. The van der Waals surface area contributed by atoms with Crippen LogP contribution in [0.25, 0.3) is 0 Å². The van der Waals surface area contributed by atoms with Crippen LogP contribution >= 0.6 is 0 Å². The molecule has 0 heterocycles. The zero-order chi connectivity index (χ0) is 12.6. The molecule has 2 atom stereocenters. The van der Waals surface area contributed by atoms with E-state index in [1.807, 2.05) is 0 Å². The quantitative estimate of drug-likeness (QED) is 0.652. The Hall–Kier alpha value is -0.0800. The molecule has 0 bridgehead atoms. The first-order valence-corrected chi connectivity index (χ1v) is 6.80. The summed E-state index contributed by atoms with van der Waals surface area (Å²) in [4.78, 5) is 2.50. The highest BCUT2D eigenvalue weighted by Gasteiger charge is 2.24. The van der Waals surface area contributed by atoms with E-state index in [0.717, 1.165) is 12.5 Å². The molecule has 0 aromatic carbocycles. The molecule has 0 aliphatic rings. The minimum atomic E-state index is 0.422. The van der Waals surface area contributed by atoms with Crippen molar-refractivity contribution in [3.63, 3.8) is 0 Å². The SMILES string of the molecule is CCCC(C)(CNC)CN(C)CC(C)CC. The summed E-state index contributed by atoms with van der Waals surface area (Å²) in [5, 5.41) is 3.34. The van der Waals surface area contributed by atoms with Gasteiger partial charge in [-0.1, -0.05) is 40.5 Å². The second kappa shape index (κ2) is 8.08. The Morgan fingerprint density at radius 1 is 1.31 bits per heavy atom. The van der Waals surface area contributed by atoms with Crippen LogP contribution in [0.1, 0.15) is 47.0 Å². The van der Waals surface area contributed by atoms with Crippen LogP contribution in [-0.4, -0.2) is 38.6 Å². The average molecular weight is 228 g/mol. The Kier molecular flexibility index (Phi) is 8.04. The van der Waals surface area contributed by atoms with E-state index in [9.17, 15) is 0 Å². The van der Waals surface area contributed by atoms with Gasteiger partial charge in [0, 0.05) is 19.6 Å². The third-order valence-electron chi connectivity index (χ3n) is 3.43. The molecule has 98 valence electrons. The van der Waals surface area contributed by atoms with Crippen molar-refractivity contribution in [2.24, 2.45) is 11.3 Å². The molecule has 16 heavy (non-hydrogen) atoms. The van der Waals surface area contributed by atoms with Crippen LogP contribution < -0.4 is 5.32 Å². The molecule has 0 rings (SSSR count). The van der Waals surface area contributed by atoms with Crippen molar-refractivity contribution in [1.29, 1.82) is 0 Å². The fourth-order valence-corrected chi connectivity index (χ4v) is 2.63. The molecule has 0 amide bonds. The van der Waals surface area contributed by atoms with Crippen molar-refractivity contribution in [3.05, 3.63) is 0 Å². The smallest absolute Gasteiger partial charge is 0.00445 e. The van der Waals surface area contributed by atoms with Crippen molar-refractivity contribution < 1.29 is 0 Å². The predicted molar refractivity (Wildman–Crippen MR) is 73.9 cm³/mol. The summed E-state index contributed by atoms with van der Waals surface area (Å²) in [6, 6.07) is 0. The minimum absolute atomic E-state index is 0.422. The summed E-state index contributed by atoms with van der Waals surface area (Å²) in [6.07, 6.45) is 3.86. The molecule has 2 heteroatoms. The lowest BCUT2D eigenvalue weighted by Crippen LogP contribution is -2.41. The summed E-state index contributed by atoms with van der Waals surface area (Å²) in [6.45, 7) is 12.8. The van der Waals surface area contributed by atoms with Gasteiger partial charge in [-0.2, -0.15) is 0 Å². The highest BCUT2D eigenvalue weighted by atomic mass is 15.1. The zero-order valence-corrected chi connectivity index (χ0v) is 12.3. The van der Waals surface area contributed by atoms with Gasteiger partial charge in [-0.05, 0) is 31.8 Å². The third-order valence-corrected chi connectivity index (χ3v) is 3.43. The Morgan fingerprint density at radius 3 is 2.38 bits per heavy atom. The fraction of sp³-hybridized carbons (Fsp3) is 1.00. The maximum atomic E-state index is 3.34. The first-order valence-electron chi connectivity index (χ1n) is 6.80. The van der Waals surface area contributed by atoms with E-state index >= 15 is 0 Å². The van der Waals surface area contributed by atoms with Gasteiger partial charge in [-0.15, -0.1) is 0 Å². The first-order chi connectivity index (χ1) is 7.47. The van der Waals surface area contributed by atoms with Gasteiger partial charge >= 0.3 is 0 Å². The van der Waals surface area contributed by atoms with Gasteiger partial charge in [0.25, 0.3) is 0 Å². The Morgan fingerprint density at radius 2 is 1.94 bits per heavy atom. The minimum Gasteiger partial charge on any atom is -0.319 e. The van der Waals surface area contributed by atoms with E-state index in [1.165, 1.54) is 32.4 Å². The maximum absolute atomic E-state index is 3.34. The molecule has 2 unspecified atom stereocenters. The van der Waals surface area contributed by atoms with E-state index in [1.54, 1.807) is 0 Å². The molecule has 0 saturated heterocycles. The van der Waals surface area contributed by atoms with Crippen molar-refractivity contribution in [3.8, 4) is 0 Å². The van der Waals surface area contributed by atoms with E-state index in [4.69, 9.17) is 0 Å². The van der Waals surface area contributed by atoms with Gasteiger partial charge in [0.15, 0.2) is 0 Å². The van der Waals surface area contributed by atoms with E-state index < -0.39 is 0 Å². The maximum Gasteiger partial charge on any atom is 0.00445 e. The van der Waals surface area contributed by atoms with Crippen LogP contribution in [-0.2, 0) is 0 Å². The Balaban J connectivity index is 4.16. The standard InChI is InChI=1S/C14H32N2/c1-7-9-14(4,11-15-5)12-16(6)10-13(3)8-2/h13,15H,7-12H2,1-6H3. The van der Waals surface area contributed by atoms with Crippen molar-refractivity contribution in [1.82, 2.24) is 10.2 Å². The van der Waals surface area contributed by atoms with Crippen LogP contribution in [0.4, 0.5) is 0 Å². The molecule has 0 aliphatic carbocycles. The van der Waals surface area contributed by atoms with Crippen LogP contribution in [0.15, 0.2) is 0 Å². The molecular weight excluding hydrogens is 196 g/mol. The monoisotopic (exact) mass is 228 g/mol. The molecule has 0 fully saturated rings. The molecule has 0 spiro atoms. The van der Waals surface area contributed by atoms with Gasteiger partial charge < -0.3 is 10.2 Å². The Labute approximate surface area is 103 Å². The largest absolute Gasteiger partial charge is 0.319 e. The van der Waals surface area contributed by atoms with Crippen molar-refractivity contribution >= 4 is 0 Å². The summed E-state index contributed by atoms with van der Waals surface area (Å²) < 4.78 is 0. The van der Waals surface area contributed by atoms with E-state index in [0.29, 0.717) is 5.41 Å². The predicted octanol–water partition coefficient (Wildman–Crippen LogP) is 2.99. The van der Waals surface area contributed by atoms with Gasteiger partial charge in [0.2, 0.25) is 0 Å². The molecular formula is C14H32N2. The van der Waals surface area contributed by atoms with Crippen LogP contribution in [0.5, 0.6) is 0 Å². The zero-order valence-electron chi connectivity index (χ0n) is 12.3. The van der Waals surface area contributed by atoms with Gasteiger partial charge in [-0.25, -0.2) is 0 Å². The van der Waals surface area contributed by atoms with Gasteiger partial charge in [0.1, 0.15) is 0 Å². The highest BCUT2D eigenvalue weighted by molar-refractivity contribution is 4.79. The topological polar surface area (TPSA) is 15.3 Å². The molecule has 0 saturated carbocycles. The number of nitrogens with one attached hydrogen (secondary N) is 1. The van der Waals surface area contributed by atoms with Gasteiger partial charge in [0.05, 0.1) is 0 Å². The van der Waals surface area contributed by atoms with E-state index in [-0.39, 0.29) is 0 Å². The number of rotatable bonds is 9. The lowest BCUT2D eigenvalue weighted by Gasteiger charge is -2.34. The summed E-state index contributed by atoms with van der Waals surface area (Å²) in [7, 11) is 4.32. The average Bonchev–Trinajstić information content (AvgIpc) is 2.17. The van der Waals surface area contributed by atoms with Crippen LogP contribution in [0.2, 0.25) is 0 Å². The molecule has 0 aliphatic heterocycles. The van der Waals surface area contributed by atoms with Crippen molar-refractivity contribution in [2.75, 3.05) is 33.7 Å². The summed E-state index contributed by atoms with van der Waals surface area (Å²) >= 11 is 0. The van der Waals surface area contributed by atoms with E-state index in [2.05, 4.69) is 52.0 Å². The lowest BCUT2D eigenvalue weighted by molar-refractivity contribution is 0.161. The molecule has 0 radical (unpaired) electrons. The number of hydrogen-bond donors (Lipinski definition) is 1. The highest BCUT2D eigenvalue weighted by Crippen LogP contribution is 2.23. The fourth-order valence-electron chi connectivity index (χ4n) is 2.63. The molecule has 2 nitrogen and oxygen atoms in total.